The summed E-state index contributed by atoms with van der Waals surface area (Å²) in [5.74, 6) is -0.630. The van der Waals surface area contributed by atoms with E-state index in [1.807, 2.05) is 6.07 Å². The normalized spacial score (nSPS) is 11.0. The van der Waals surface area contributed by atoms with E-state index in [4.69, 9.17) is 11.0 Å². The van der Waals surface area contributed by atoms with Crippen molar-refractivity contribution >= 4 is 17.4 Å². The van der Waals surface area contributed by atoms with Crippen molar-refractivity contribution < 1.29 is 18.0 Å². The number of hydrogen-bond donors (Lipinski definition) is 2. The topological polar surface area (TPSA) is 96.7 Å². The van der Waals surface area contributed by atoms with Crippen molar-refractivity contribution in [2.75, 3.05) is 11.1 Å². The summed E-state index contributed by atoms with van der Waals surface area (Å²) in [4.78, 5) is 12.1. The number of nitrogens with zero attached hydrogens (tertiary/aromatic N) is 3. The maximum atomic E-state index is 12.6. The van der Waals surface area contributed by atoms with Gasteiger partial charge in [-0.2, -0.15) is 23.5 Å². The van der Waals surface area contributed by atoms with Crippen molar-refractivity contribution in [3.05, 3.63) is 41.6 Å². The van der Waals surface area contributed by atoms with Crippen LogP contribution in [0.1, 0.15) is 22.3 Å². The molecule has 0 bridgehead atoms. The smallest absolute Gasteiger partial charge is 0.383 e. The monoisotopic (exact) mass is 323 g/mol. The van der Waals surface area contributed by atoms with E-state index in [-0.39, 0.29) is 30.0 Å². The summed E-state index contributed by atoms with van der Waals surface area (Å²) in [6, 6.07) is 6.18. The predicted molar refractivity (Wildman–Crippen MR) is 76.3 cm³/mol. The van der Waals surface area contributed by atoms with Crippen molar-refractivity contribution in [2.24, 2.45) is 0 Å². The second-order valence-electron chi connectivity index (χ2n) is 4.61. The van der Waals surface area contributed by atoms with Crippen molar-refractivity contribution in [2.45, 2.75) is 19.1 Å². The van der Waals surface area contributed by atoms with Crippen molar-refractivity contribution in [3.63, 3.8) is 0 Å². The van der Waals surface area contributed by atoms with Crippen LogP contribution >= 0.6 is 0 Å². The highest BCUT2D eigenvalue weighted by atomic mass is 19.4. The largest absolute Gasteiger partial charge is 0.416 e. The second-order valence-corrected chi connectivity index (χ2v) is 4.61. The molecular weight excluding hydrogens is 311 g/mol. The molecule has 0 atom stereocenters. The summed E-state index contributed by atoms with van der Waals surface area (Å²) in [6.07, 6.45) is -3.13. The zero-order chi connectivity index (χ0) is 17.0. The Kier molecular flexibility index (Phi) is 4.55. The van der Waals surface area contributed by atoms with Crippen LogP contribution in [0.2, 0.25) is 0 Å². The Bertz CT molecular complexity index is 761. The molecule has 120 valence electrons. The van der Waals surface area contributed by atoms with E-state index in [1.54, 1.807) is 0 Å². The number of benzene rings is 1. The number of nitrogens with two attached hydrogens (primary N) is 1. The molecule has 2 aromatic rings. The number of hydrogen-bond acceptors (Lipinski definition) is 4. The highest BCUT2D eigenvalue weighted by Gasteiger charge is 2.30. The van der Waals surface area contributed by atoms with Crippen LogP contribution in [0.15, 0.2) is 30.5 Å². The van der Waals surface area contributed by atoms with Crippen LogP contribution < -0.4 is 11.1 Å². The molecule has 23 heavy (non-hydrogen) atoms. The van der Waals surface area contributed by atoms with Crippen molar-refractivity contribution in [1.29, 1.82) is 5.26 Å². The third kappa shape index (κ3) is 3.79. The van der Waals surface area contributed by atoms with Gasteiger partial charge in [0.1, 0.15) is 11.4 Å². The maximum Gasteiger partial charge on any atom is 0.416 e. The molecule has 0 aliphatic heterocycles. The first kappa shape index (κ1) is 16.4. The number of halogens is 3. The molecule has 0 aliphatic carbocycles. The number of nitrogen functional groups attached to an aromatic ring is 1. The molecule has 1 aromatic heterocycles. The zero-order valence-electron chi connectivity index (χ0n) is 11.8. The van der Waals surface area contributed by atoms with E-state index in [1.165, 1.54) is 23.0 Å². The average Bonchev–Trinajstić information content (AvgIpc) is 2.85. The molecular formula is C14H12F3N5O. The number of amides is 1. The lowest BCUT2D eigenvalue weighted by molar-refractivity contribution is -0.137. The number of aromatic nitrogens is 2. The summed E-state index contributed by atoms with van der Waals surface area (Å²) in [5.41, 5.74) is 4.90. The first-order valence-electron chi connectivity index (χ1n) is 6.49. The molecule has 0 saturated carbocycles. The molecule has 0 aliphatic rings. The second kappa shape index (κ2) is 6.39. The van der Waals surface area contributed by atoms with Crippen LogP contribution in [-0.2, 0) is 12.7 Å². The number of alkyl halides is 3. The van der Waals surface area contributed by atoms with Crippen LogP contribution in [0.25, 0.3) is 0 Å². The third-order valence-corrected chi connectivity index (χ3v) is 3.01. The number of nitriles is 1. The Hall–Kier alpha value is -3.02. The van der Waals surface area contributed by atoms with Gasteiger partial charge in [0.25, 0.3) is 5.91 Å². The minimum Gasteiger partial charge on any atom is -0.383 e. The van der Waals surface area contributed by atoms with Crippen LogP contribution in [0.4, 0.5) is 24.7 Å². The van der Waals surface area contributed by atoms with Crippen LogP contribution in [0.3, 0.4) is 0 Å². The van der Waals surface area contributed by atoms with E-state index >= 15 is 0 Å². The molecule has 1 heterocycles. The minimum atomic E-state index is -4.50. The van der Waals surface area contributed by atoms with Gasteiger partial charge in [0, 0.05) is 5.69 Å². The molecule has 0 spiro atoms. The van der Waals surface area contributed by atoms with Gasteiger partial charge in [-0.25, -0.2) is 4.68 Å². The highest BCUT2D eigenvalue weighted by molar-refractivity contribution is 6.07. The lowest BCUT2D eigenvalue weighted by Crippen LogP contribution is -2.15. The first-order valence-corrected chi connectivity index (χ1v) is 6.49. The van der Waals surface area contributed by atoms with Crippen LogP contribution in [-0.4, -0.2) is 15.7 Å². The Morgan fingerprint density at radius 3 is 2.83 bits per heavy atom. The van der Waals surface area contributed by atoms with Gasteiger partial charge in [-0.3, -0.25) is 4.79 Å². The third-order valence-electron chi connectivity index (χ3n) is 3.01. The van der Waals surface area contributed by atoms with E-state index in [0.717, 1.165) is 12.1 Å². The fourth-order valence-corrected chi connectivity index (χ4v) is 1.88. The summed E-state index contributed by atoms with van der Waals surface area (Å²) in [6.45, 7) is 0.221. The van der Waals surface area contributed by atoms with E-state index in [2.05, 4.69) is 10.4 Å². The van der Waals surface area contributed by atoms with Gasteiger partial charge in [-0.1, -0.05) is 6.07 Å². The molecule has 3 N–H and O–H groups in total. The Labute approximate surface area is 129 Å². The average molecular weight is 323 g/mol. The van der Waals surface area contributed by atoms with Gasteiger partial charge in [0.15, 0.2) is 0 Å². The van der Waals surface area contributed by atoms with Crippen molar-refractivity contribution in [3.8, 4) is 6.07 Å². The predicted octanol–water partition coefficient (Wildman–Crippen LogP) is 2.65. The molecule has 1 amide bonds. The molecule has 1 aromatic carbocycles. The van der Waals surface area contributed by atoms with Gasteiger partial charge >= 0.3 is 6.18 Å². The van der Waals surface area contributed by atoms with Crippen molar-refractivity contribution in [1.82, 2.24) is 9.78 Å². The van der Waals surface area contributed by atoms with E-state index in [0.29, 0.717) is 0 Å². The molecule has 0 saturated heterocycles. The number of carbonyl (C=O) groups excluding carboxylic acids is 1. The van der Waals surface area contributed by atoms with Gasteiger partial charge in [0.2, 0.25) is 0 Å². The van der Waals surface area contributed by atoms with Crippen LogP contribution in [0, 0.1) is 11.3 Å². The molecule has 0 unspecified atom stereocenters. The molecule has 0 radical (unpaired) electrons. The minimum absolute atomic E-state index is 0.00556. The molecule has 2 rings (SSSR count). The Morgan fingerprint density at radius 1 is 1.43 bits per heavy atom. The Balaban J connectivity index is 2.17. The molecule has 6 nitrogen and oxygen atoms in total. The Morgan fingerprint density at radius 2 is 2.17 bits per heavy atom. The number of anilines is 2. The summed E-state index contributed by atoms with van der Waals surface area (Å²) in [5, 5.41) is 14.7. The SMILES string of the molecule is N#CCCn1ncc(C(=O)Nc2cccc(C(F)(F)F)c2)c1N. The fourth-order valence-electron chi connectivity index (χ4n) is 1.88. The number of rotatable bonds is 4. The highest BCUT2D eigenvalue weighted by Crippen LogP contribution is 2.30. The maximum absolute atomic E-state index is 12.6. The summed E-state index contributed by atoms with van der Waals surface area (Å²) in [7, 11) is 0. The lowest BCUT2D eigenvalue weighted by Gasteiger charge is -2.09. The van der Waals surface area contributed by atoms with Crippen LogP contribution in [0.5, 0.6) is 0 Å². The zero-order valence-corrected chi connectivity index (χ0v) is 11.8. The number of nitrogens with one attached hydrogen (secondary N) is 1. The molecule has 0 fully saturated rings. The van der Waals surface area contributed by atoms with Gasteiger partial charge in [-0.05, 0) is 18.2 Å². The van der Waals surface area contributed by atoms with Gasteiger partial charge in [0.05, 0.1) is 30.8 Å². The lowest BCUT2D eigenvalue weighted by atomic mass is 10.2. The number of carbonyl (C=O) groups is 1. The first-order chi connectivity index (χ1) is 10.8. The number of aryl methyl sites for hydroxylation is 1. The van der Waals surface area contributed by atoms with Gasteiger partial charge < -0.3 is 11.1 Å². The standard InChI is InChI=1S/C14H12F3N5O/c15-14(16,17)9-3-1-4-10(7-9)21-13(23)11-8-20-22(12(11)19)6-2-5-18/h1,3-4,7-8H,2,6,19H2,(H,21,23). The van der Waals surface area contributed by atoms with E-state index in [9.17, 15) is 18.0 Å². The van der Waals surface area contributed by atoms with Gasteiger partial charge in [-0.15, -0.1) is 0 Å². The summed E-state index contributed by atoms with van der Waals surface area (Å²) >= 11 is 0. The summed E-state index contributed by atoms with van der Waals surface area (Å²) < 4.78 is 39.2. The molecule has 9 heteroatoms. The quantitative estimate of drug-likeness (QED) is 0.904. The van der Waals surface area contributed by atoms with E-state index < -0.39 is 17.6 Å². The fraction of sp³-hybridized carbons (Fsp3) is 0.214.